The van der Waals surface area contributed by atoms with Crippen LogP contribution in [0.1, 0.15) is 0 Å². The highest BCUT2D eigenvalue weighted by atomic mass is 15.3. The third kappa shape index (κ3) is 2.83. The van der Waals surface area contributed by atoms with Crippen molar-refractivity contribution in [2.75, 3.05) is 5.32 Å². The first-order valence-corrected chi connectivity index (χ1v) is 8.63. The molecule has 5 aromatic rings. The zero-order chi connectivity index (χ0) is 18.1. The lowest BCUT2D eigenvalue weighted by molar-refractivity contribution is 0.869. The number of hydrogen-bond acceptors (Lipinski definition) is 4. The monoisotopic (exact) mass is 352 g/mol. The first-order chi connectivity index (χ1) is 13.4. The molecular formula is C21H16N6. The van der Waals surface area contributed by atoms with Gasteiger partial charge in [0.1, 0.15) is 6.33 Å². The Morgan fingerprint density at radius 3 is 2.56 bits per heavy atom. The molecule has 2 aromatic carbocycles. The number of benzene rings is 2. The molecule has 6 heteroatoms. The molecule has 0 aliphatic rings. The van der Waals surface area contributed by atoms with Gasteiger partial charge in [-0.2, -0.15) is 4.52 Å². The number of rotatable bonds is 4. The summed E-state index contributed by atoms with van der Waals surface area (Å²) in [5.74, 6) is 1.58. The fraction of sp³-hybridized carbons (Fsp3) is 0. The molecule has 3 aromatic heterocycles. The summed E-state index contributed by atoms with van der Waals surface area (Å²) in [4.78, 5) is 8.54. The van der Waals surface area contributed by atoms with Gasteiger partial charge in [-0.1, -0.05) is 48.5 Å². The van der Waals surface area contributed by atoms with E-state index in [9.17, 15) is 0 Å². The molecule has 27 heavy (non-hydrogen) atoms. The highest BCUT2D eigenvalue weighted by Crippen LogP contribution is 2.30. The number of para-hydroxylation sites is 1. The molecule has 6 nitrogen and oxygen atoms in total. The van der Waals surface area contributed by atoms with Crippen molar-refractivity contribution in [3.05, 3.63) is 91.6 Å². The van der Waals surface area contributed by atoms with Crippen molar-refractivity contribution in [2.45, 2.75) is 0 Å². The lowest BCUT2D eigenvalue weighted by Gasteiger charge is -2.12. The van der Waals surface area contributed by atoms with Gasteiger partial charge >= 0.3 is 0 Å². The maximum absolute atomic E-state index is 4.69. The quantitative estimate of drug-likeness (QED) is 0.523. The van der Waals surface area contributed by atoms with Crippen LogP contribution < -0.4 is 5.32 Å². The second-order valence-corrected chi connectivity index (χ2v) is 6.11. The fourth-order valence-electron chi connectivity index (χ4n) is 3.08. The number of nitrogens with one attached hydrogen (secondary N) is 1. The van der Waals surface area contributed by atoms with Gasteiger partial charge in [-0.25, -0.2) is 9.97 Å². The molecule has 0 spiro atoms. The molecule has 0 amide bonds. The van der Waals surface area contributed by atoms with E-state index >= 15 is 0 Å². The maximum atomic E-state index is 4.69. The molecule has 0 unspecified atom stereocenters. The van der Waals surface area contributed by atoms with Gasteiger partial charge in [0.05, 0.1) is 6.20 Å². The molecule has 0 aliphatic heterocycles. The smallest absolute Gasteiger partial charge is 0.159 e. The van der Waals surface area contributed by atoms with Crippen molar-refractivity contribution >= 4 is 17.2 Å². The van der Waals surface area contributed by atoms with Crippen LogP contribution in [-0.2, 0) is 0 Å². The van der Waals surface area contributed by atoms with Crippen LogP contribution in [0.5, 0.6) is 0 Å². The zero-order valence-corrected chi connectivity index (χ0v) is 14.4. The van der Waals surface area contributed by atoms with E-state index in [1.807, 2.05) is 53.2 Å². The second-order valence-electron chi connectivity index (χ2n) is 6.11. The summed E-state index contributed by atoms with van der Waals surface area (Å²) < 4.78 is 3.66. The average molecular weight is 352 g/mol. The Hall–Kier alpha value is -3.93. The van der Waals surface area contributed by atoms with Gasteiger partial charge in [0.15, 0.2) is 17.3 Å². The van der Waals surface area contributed by atoms with E-state index in [4.69, 9.17) is 5.10 Å². The van der Waals surface area contributed by atoms with Gasteiger partial charge in [-0.05, 0) is 23.8 Å². The van der Waals surface area contributed by atoms with E-state index in [0.717, 1.165) is 34.1 Å². The topological polar surface area (TPSA) is 60.0 Å². The van der Waals surface area contributed by atoms with Gasteiger partial charge in [0, 0.05) is 23.6 Å². The van der Waals surface area contributed by atoms with Crippen LogP contribution >= 0.6 is 0 Å². The van der Waals surface area contributed by atoms with Crippen molar-refractivity contribution in [2.24, 2.45) is 0 Å². The molecule has 0 saturated heterocycles. The summed E-state index contributed by atoms with van der Waals surface area (Å²) in [5, 5.41) is 8.17. The highest BCUT2D eigenvalue weighted by Gasteiger charge is 2.10. The molecule has 5 rings (SSSR count). The van der Waals surface area contributed by atoms with E-state index in [-0.39, 0.29) is 0 Å². The van der Waals surface area contributed by atoms with E-state index in [1.165, 1.54) is 0 Å². The number of aromatic nitrogens is 5. The highest BCUT2D eigenvalue weighted by molar-refractivity contribution is 5.80. The molecule has 0 bridgehead atoms. The van der Waals surface area contributed by atoms with Gasteiger partial charge < -0.3 is 5.32 Å². The summed E-state index contributed by atoms with van der Waals surface area (Å²) in [6.07, 6.45) is 7.11. The standard InChI is InChI=1S/C21H16N6/c1-2-6-16(7-3-1)17-8-4-5-9-18(17)24-21-14-23-19-10-11-20(25-27(19)21)26-13-12-22-15-26/h1-15,24H. The summed E-state index contributed by atoms with van der Waals surface area (Å²) in [7, 11) is 0. The number of hydrogen-bond donors (Lipinski definition) is 1. The molecule has 0 aliphatic carbocycles. The summed E-state index contributed by atoms with van der Waals surface area (Å²) >= 11 is 0. The first kappa shape index (κ1) is 15.3. The van der Waals surface area contributed by atoms with E-state index in [1.54, 1.807) is 23.2 Å². The third-order valence-electron chi connectivity index (χ3n) is 4.39. The molecule has 0 radical (unpaired) electrons. The van der Waals surface area contributed by atoms with Crippen molar-refractivity contribution in [1.82, 2.24) is 24.1 Å². The lowest BCUT2D eigenvalue weighted by atomic mass is 10.0. The first-order valence-electron chi connectivity index (χ1n) is 8.63. The van der Waals surface area contributed by atoms with Gasteiger partial charge in [0.25, 0.3) is 0 Å². The third-order valence-corrected chi connectivity index (χ3v) is 4.39. The van der Waals surface area contributed by atoms with E-state index in [2.05, 4.69) is 39.6 Å². The number of nitrogens with zero attached hydrogens (tertiary/aromatic N) is 5. The molecular weight excluding hydrogens is 336 g/mol. The molecule has 0 fully saturated rings. The summed E-state index contributed by atoms with van der Waals surface area (Å²) in [6.45, 7) is 0. The van der Waals surface area contributed by atoms with E-state index < -0.39 is 0 Å². The Labute approximate surface area is 155 Å². The molecule has 0 atom stereocenters. The predicted octanol–water partition coefficient (Wildman–Crippen LogP) is 4.33. The number of anilines is 2. The Morgan fingerprint density at radius 2 is 1.70 bits per heavy atom. The summed E-state index contributed by atoms with van der Waals surface area (Å²) in [5.41, 5.74) is 4.05. The van der Waals surface area contributed by atoms with Gasteiger partial charge in [-0.15, -0.1) is 5.10 Å². The minimum atomic E-state index is 0.775. The zero-order valence-electron chi connectivity index (χ0n) is 14.4. The van der Waals surface area contributed by atoms with Crippen LogP contribution in [0.15, 0.2) is 91.6 Å². The largest absolute Gasteiger partial charge is 0.338 e. The van der Waals surface area contributed by atoms with Gasteiger partial charge in [0.2, 0.25) is 0 Å². The molecule has 3 heterocycles. The minimum absolute atomic E-state index is 0.775. The Balaban J connectivity index is 1.57. The van der Waals surface area contributed by atoms with Crippen molar-refractivity contribution in [3.63, 3.8) is 0 Å². The van der Waals surface area contributed by atoms with Crippen molar-refractivity contribution < 1.29 is 0 Å². The second kappa shape index (κ2) is 6.42. The molecule has 0 saturated carbocycles. The van der Waals surface area contributed by atoms with Crippen LogP contribution in [0, 0.1) is 0 Å². The lowest BCUT2D eigenvalue weighted by Crippen LogP contribution is -2.03. The van der Waals surface area contributed by atoms with Crippen LogP contribution in [0.2, 0.25) is 0 Å². The average Bonchev–Trinajstić information content (AvgIpc) is 3.39. The van der Waals surface area contributed by atoms with Crippen molar-refractivity contribution in [3.8, 4) is 16.9 Å². The van der Waals surface area contributed by atoms with E-state index in [0.29, 0.717) is 0 Å². The van der Waals surface area contributed by atoms with Crippen LogP contribution in [-0.4, -0.2) is 24.1 Å². The van der Waals surface area contributed by atoms with Gasteiger partial charge in [-0.3, -0.25) is 4.57 Å². The SMILES string of the molecule is c1ccc(-c2ccccc2Nc2cnc3ccc(-n4ccnc4)nn23)cc1. The Morgan fingerprint density at radius 1 is 0.852 bits per heavy atom. The Bertz CT molecular complexity index is 1190. The predicted molar refractivity (Wildman–Crippen MR) is 105 cm³/mol. The number of fused-ring (bicyclic) bond motifs is 1. The fourth-order valence-corrected chi connectivity index (χ4v) is 3.08. The van der Waals surface area contributed by atoms with Crippen molar-refractivity contribution in [1.29, 1.82) is 0 Å². The number of imidazole rings is 2. The van der Waals surface area contributed by atoms with Crippen LogP contribution in [0.3, 0.4) is 0 Å². The normalized spacial score (nSPS) is 11.0. The minimum Gasteiger partial charge on any atom is -0.338 e. The molecule has 1 N–H and O–H groups in total. The van der Waals surface area contributed by atoms with Crippen LogP contribution in [0.4, 0.5) is 11.5 Å². The maximum Gasteiger partial charge on any atom is 0.159 e. The summed E-state index contributed by atoms with van der Waals surface area (Å²) in [6, 6.07) is 22.4. The molecule has 130 valence electrons. The van der Waals surface area contributed by atoms with Crippen LogP contribution in [0.25, 0.3) is 22.6 Å². The Kier molecular flexibility index (Phi) is 3.65.